The summed E-state index contributed by atoms with van der Waals surface area (Å²) < 4.78 is 0. The Balaban J connectivity index is 2.77. The van der Waals surface area contributed by atoms with Gasteiger partial charge in [0.15, 0.2) is 0 Å². The van der Waals surface area contributed by atoms with E-state index in [1.807, 2.05) is 6.07 Å². The van der Waals surface area contributed by atoms with Crippen LogP contribution in [0.4, 0.5) is 0 Å². The summed E-state index contributed by atoms with van der Waals surface area (Å²) in [5.74, 6) is 0.850. The van der Waals surface area contributed by atoms with Gasteiger partial charge in [-0.1, -0.05) is 33.8 Å². The summed E-state index contributed by atoms with van der Waals surface area (Å²) in [7, 11) is 0. The quantitative estimate of drug-likeness (QED) is 0.857. The number of hydrogen-bond donors (Lipinski definition) is 1. The molecule has 0 radical (unpaired) electrons. The standard InChI is InChI=1S/C14H18N2O/c1-8(2)12-13(9(3)4)16-14-10(15-12)6-5-7-11(14)17/h5-9,17H,1-4H3. The van der Waals surface area contributed by atoms with Gasteiger partial charge in [-0.15, -0.1) is 0 Å². The van der Waals surface area contributed by atoms with Crippen LogP contribution in [0.1, 0.15) is 50.9 Å². The average Bonchev–Trinajstić information content (AvgIpc) is 2.27. The smallest absolute Gasteiger partial charge is 0.143 e. The number of hydrogen-bond acceptors (Lipinski definition) is 3. The highest BCUT2D eigenvalue weighted by atomic mass is 16.3. The van der Waals surface area contributed by atoms with E-state index in [2.05, 4.69) is 37.7 Å². The largest absolute Gasteiger partial charge is 0.506 e. The fraction of sp³-hybridized carbons (Fsp3) is 0.429. The van der Waals surface area contributed by atoms with Gasteiger partial charge in [-0.3, -0.25) is 0 Å². The summed E-state index contributed by atoms with van der Waals surface area (Å²) in [6, 6.07) is 5.33. The Kier molecular flexibility index (Phi) is 3.01. The Morgan fingerprint density at radius 2 is 1.53 bits per heavy atom. The first kappa shape index (κ1) is 11.8. The first-order chi connectivity index (χ1) is 8.00. The molecule has 3 nitrogen and oxygen atoms in total. The number of aromatic nitrogens is 2. The summed E-state index contributed by atoms with van der Waals surface area (Å²) >= 11 is 0. The Morgan fingerprint density at radius 1 is 0.941 bits per heavy atom. The number of benzene rings is 1. The number of phenols is 1. The second kappa shape index (κ2) is 4.32. The van der Waals surface area contributed by atoms with Gasteiger partial charge in [0.1, 0.15) is 11.3 Å². The van der Waals surface area contributed by atoms with Crippen molar-refractivity contribution in [1.29, 1.82) is 0 Å². The third kappa shape index (κ3) is 2.09. The number of phenolic OH excluding ortho intramolecular Hbond substituents is 1. The van der Waals surface area contributed by atoms with Crippen molar-refractivity contribution < 1.29 is 5.11 Å². The molecule has 1 heterocycles. The maximum Gasteiger partial charge on any atom is 0.143 e. The second-order valence-electron chi connectivity index (χ2n) is 4.95. The minimum Gasteiger partial charge on any atom is -0.506 e. The van der Waals surface area contributed by atoms with Crippen LogP contribution in [0.15, 0.2) is 18.2 Å². The van der Waals surface area contributed by atoms with E-state index < -0.39 is 0 Å². The van der Waals surface area contributed by atoms with E-state index in [4.69, 9.17) is 0 Å². The predicted molar refractivity (Wildman–Crippen MR) is 69.4 cm³/mol. The summed E-state index contributed by atoms with van der Waals surface area (Å²) in [5.41, 5.74) is 3.37. The first-order valence-corrected chi connectivity index (χ1v) is 6.00. The highest BCUT2D eigenvalue weighted by molar-refractivity contribution is 5.80. The van der Waals surface area contributed by atoms with E-state index in [0.29, 0.717) is 17.4 Å². The minimum atomic E-state index is 0.201. The predicted octanol–water partition coefficient (Wildman–Crippen LogP) is 3.58. The normalized spacial score (nSPS) is 11.6. The average molecular weight is 230 g/mol. The second-order valence-corrected chi connectivity index (χ2v) is 4.95. The molecule has 0 bridgehead atoms. The third-order valence-corrected chi connectivity index (χ3v) is 2.82. The van der Waals surface area contributed by atoms with E-state index in [1.165, 1.54) is 0 Å². The fourth-order valence-electron chi connectivity index (χ4n) is 1.94. The lowest BCUT2D eigenvalue weighted by molar-refractivity contribution is 0.480. The molecule has 0 unspecified atom stereocenters. The van der Waals surface area contributed by atoms with Gasteiger partial charge in [0, 0.05) is 0 Å². The monoisotopic (exact) mass is 230 g/mol. The van der Waals surface area contributed by atoms with Gasteiger partial charge >= 0.3 is 0 Å². The van der Waals surface area contributed by atoms with Crippen molar-refractivity contribution in [3.8, 4) is 5.75 Å². The van der Waals surface area contributed by atoms with Gasteiger partial charge in [0.2, 0.25) is 0 Å². The number of fused-ring (bicyclic) bond motifs is 1. The molecule has 2 rings (SSSR count). The molecule has 0 saturated carbocycles. The van der Waals surface area contributed by atoms with Crippen LogP contribution >= 0.6 is 0 Å². The molecule has 3 heteroatoms. The van der Waals surface area contributed by atoms with Crippen molar-refractivity contribution in [3.63, 3.8) is 0 Å². The van der Waals surface area contributed by atoms with Crippen LogP contribution < -0.4 is 0 Å². The van der Waals surface area contributed by atoms with E-state index in [-0.39, 0.29) is 5.75 Å². The Labute approximate surface area is 102 Å². The molecule has 0 aliphatic rings. The Morgan fingerprint density at radius 3 is 2.12 bits per heavy atom. The van der Waals surface area contributed by atoms with Gasteiger partial charge in [-0.05, 0) is 24.0 Å². The molecule has 17 heavy (non-hydrogen) atoms. The summed E-state index contributed by atoms with van der Waals surface area (Å²) in [6.45, 7) is 8.43. The van der Waals surface area contributed by atoms with Crippen LogP contribution in [-0.4, -0.2) is 15.1 Å². The van der Waals surface area contributed by atoms with Crippen molar-refractivity contribution in [2.24, 2.45) is 0 Å². The number of rotatable bonds is 2. The van der Waals surface area contributed by atoms with Gasteiger partial charge in [0.05, 0.1) is 16.9 Å². The zero-order chi connectivity index (χ0) is 12.6. The van der Waals surface area contributed by atoms with Crippen molar-refractivity contribution in [2.75, 3.05) is 0 Å². The van der Waals surface area contributed by atoms with Crippen molar-refractivity contribution in [2.45, 2.75) is 39.5 Å². The van der Waals surface area contributed by atoms with Crippen LogP contribution in [-0.2, 0) is 0 Å². The molecule has 90 valence electrons. The van der Waals surface area contributed by atoms with Crippen LogP contribution in [0.25, 0.3) is 11.0 Å². The van der Waals surface area contributed by atoms with Gasteiger partial charge in [0.25, 0.3) is 0 Å². The maximum atomic E-state index is 9.80. The van der Waals surface area contributed by atoms with Crippen LogP contribution in [0.5, 0.6) is 5.75 Å². The van der Waals surface area contributed by atoms with Gasteiger partial charge in [-0.2, -0.15) is 0 Å². The van der Waals surface area contributed by atoms with Crippen molar-refractivity contribution in [3.05, 3.63) is 29.6 Å². The van der Waals surface area contributed by atoms with Gasteiger partial charge < -0.3 is 5.11 Å². The molecule has 0 aliphatic heterocycles. The molecule has 1 aromatic heterocycles. The van der Waals surface area contributed by atoms with Gasteiger partial charge in [-0.25, -0.2) is 9.97 Å². The minimum absolute atomic E-state index is 0.201. The fourth-order valence-corrected chi connectivity index (χ4v) is 1.94. The third-order valence-electron chi connectivity index (χ3n) is 2.82. The summed E-state index contributed by atoms with van der Waals surface area (Å²) in [4.78, 5) is 9.22. The van der Waals surface area contributed by atoms with E-state index in [9.17, 15) is 5.11 Å². The molecule has 0 atom stereocenters. The molecule has 0 saturated heterocycles. The topological polar surface area (TPSA) is 46.0 Å². The van der Waals surface area contributed by atoms with E-state index in [1.54, 1.807) is 12.1 Å². The number of aromatic hydroxyl groups is 1. The lowest BCUT2D eigenvalue weighted by Gasteiger charge is -2.15. The zero-order valence-electron chi connectivity index (χ0n) is 10.7. The molecule has 0 aliphatic carbocycles. The Bertz CT molecular complexity index is 547. The van der Waals surface area contributed by atoms with Crippen LogP contribution in [0.3, 0.4) is 0 Å². The molecule has 0 fully saturated rings. The van der Waals surface area contributed by atoms with Crippen molar-refractivity contribution in [1.82, 2.24) is 9.97 Å². The highest BCUT2D eigenvalue weighted by Crippen LogP contribution is 2.28. The first-order valence-electron chi connectivity index (χ1n) is 6.00. The van der Waals surface area contributed by atoms with Crippen LogP contribution in [0.2, 0.25) is 0 Å². The van der Waals surface area contributed by atoms with E-state index >= 15 is 0 Å². The van der Waals surface area contributed by atoms with E-state index in [0.717, 1.165) is 16.9 Å². The Hall–Kier alpha value is -1.64. The summed E-state index contributed by atoms with van der Waals surface area (Å²) in [5, 5.41) is 9.80. The number of nitrogens with zero attached hydrogens (tertiary/aromatic N) is 2. The molecule has 1 N–H and O–H groups in total. The SMILES string of the molecule is CC(C)c1nc2cccc(O)c2nc1C(C)C. The van der Waals surface area contributed by atoms with Crippen molar-refractivity contribution >= 4 is 11.0 Å². The number of para-hydroxylation sites is 1. The lowest BCUT2D eigenvalue weighted by atomic mass is 10.00. The molecular formula is C14H18N2O. The molecule has 2 aromatic rings. The highest BCUT2D eigenvalue weighted by Gasteiger charge is 2.15. The molecule has 1 aromatic carbocycles. The summed E-state index contributed by atoms with van der Waals surface area (Å²) in [6.07, 6.45) is 0. The molecule has 0 spiro atoms. The zero-order valence-corrected chi connectivity index (χ0v) is 10.7. The molecular weight excluding hydrogens is 212 g/mol. The van der Waals surface area contributed by atoms with Crippen LogP contribution in [0, 0.1) is 0 Å². The maximum absolute atomic E-state index is 9.80. The molecule has 0 amide bonds. The lowest BCUT2D eigenvalue weighted by Crippen LogP contribution is -2.05.